The van der Waals surface area contributed by atoms with E-state index in [9.17, 15) is 21.6 Å². The molecule has 1 fully saturated rings. The van der Waals surface area contributed by atoms with Crippen LogP contribution in [0.4, 0.5) is 0 Å². The van der Waals surface area contributed by atoms with Gasteiger partial charge in [0, 0.05) is 31.1 Å². The average molecular weight is 637 g/mol. The van der Waals surface area contributed by atoms with Crippen molar-refractivity contribution < 1.29 is 26.4 Å². The number of carbonyl (C=O) groups is 1. The molecule has 4 aromatic rings. The summed E-state index contributed by atoms with van der Waals surface area (Å²) in [6, 6.07) is 20.9. The molecule has 0 radical (unpaired) electrons. The quantitative estimate of drug-likeness (QED) is 0.185. The van der Waals surface area contributed by atoms with E-state index in [1.54, 1.807) is 66.9 Å². The number of rotatable bonds is 11. The summed E-state index contributed by atoms with van der Waals surface area (Å²) >= 11 is 0. The van der Waals surface area contributed by atoms with Crippen molar-refractivity contribution in [3.63, 3.8) is 0 Å². The Hall–Kier alpha value is -3.47. The Bertz CT molecular complexity index is 1830. The Morgan fingerprint density at radius 3 is 2.07 bits per heavy atom. The molecule has 0 spiro atoms. The highest BCUT2D eigenvalue weighted by molar-refractivity contribution is 7.90. The Balaban J connectivity index is 1.49. The molecule has 10 heteroatoms. The third kappa shape index (κ3) is 6.77. The van der Waals surface area contributed by atoms with Crippen LogP contribution in [0.25, 0.3) is 10.9 Å². The van der Waals surface area contributed by atoms with Gasteiger partial charge >= 0.3 is 5.97 Å². The van der Waals surface area contributed by atoms with Crippen LogP contribution < -0.4 is 0 Å². The van der Waals surface area contributed by atoms with Crippen molar-refractivity contribution in [2.24, 2.45) is 11.8 Å². The molecule has 0 amide bonds. The summed E-state index contributed by atoms with van der Waals surface area (Å²) < 4.78 is 63.4. The number of benzene rings is 3. The monoisotopic (exact) mass is 636 g/mol. The van der Waals surface area contributed by atoms with Crippen LogP contribution in [-0.2, 0) is 36.0 Å². The molecule has 2 unspecified atom stereocenters. The summed E-state index contributed by atoms with van der Waals surface area (Å²) in [5.74, 6) is -0.239. The Morgan fingerprint density at radius 1 is 0.841 bits per heavy atom. The third-order valence-corrected chi connectivity index (χ3v) is 12.4. The van der Waals surface area contributed by atoms with Gasteiger partial charge in [0.05, 0.1) is 22.4 Å². The fourth-order valence-electron chi connectivity index (χ4n) is 6.21. The Morgan fingerprint density at radius 2 is 1.43 bits per heavy atom. The minimum absolute atomic E-state index is 0.00586. The van der Waals surface area contributed by atoms with Crippen LogP contribution in [0.3, 0.4) is 0 Å². The second kappa shape index (κ2) is 13.3. The number of esters is 1. The van der Waals surface area contributed by atoms with Gasteiger partial charge in [-0.2, -0.15) is 4.31 Å². The molecule has 1 aliphatic rings. The van der Waals surface area contributed by atoms with E-state index >= 15 is 0 Å². The molecule has 2 atom stereocenters. The predicted molar refractivity (Wildman–Crippen MR) is 171 cm³/mol. The number of nitrogens with zero attached hydrogens (tertiary/aromatic N) is 2. The predicted octanol–water partition coefficient (Wildman–Crippen LogP) is 6.10. The Labute approximate surface area is 260 Å². The molecule has 44 heavy (non-hydrogen) atoms. The van der Waals surface area contributed by atoms with E-state index in [-0.39, 0.29) is 47.1 Å². The van der Waals surface area contributed by atoms with E-state index in [1.807, 2.05) is 26.0 Å². The van der Waals surface area contributed by atoms with Crippen molar-refractivity contribution in [3.05, 3.63) is 95.7 Å². The van der Waals surface area contributed by atoms with Crippen molar-refractivity contribution >= 4 is 36.9 Å². The van der Waals surface area contributed by atoms with Gasteiger partial charge in [0.15, 0.2) is 0 Å². The van der Waals surface area contributed by atoms with Gasteiger partial charge in [-0.25, -0.2) is 20.8 Å². The lowest BCUT2D eigenvalue weighted by atomic mass is 9.77. The third-order valence-electron chi connectivity index (χ3n) is 8.79. The number of carbonyl (C=O) groups excluding carboxylic acids is 1. The van der Waals surface area contributed by atoms with E-state index in [4.69, 9.17) is 4.74 Å². The molecule has 8 nitrogen and oxygen atoms in total. The van der Waals surface area contributed by atoms with Crippen molar-refractivity contribution in [1.29, 1.82) is 0 Å². The molecule has 1 saturated carbocycles. The van der Waals surface area contributed by atoms with Gasteiger partial charge in [-0.05, 0) is 80.8 Å². The van der Waals surface area contributed by atoms with Crippen LogP contribution in [0.15, 0.2) is 88.8 Å². The minimum atomic E-state index is -3.88. The highest BCUT2D eigenvalue weighted by atomic mass is 32.2. The first-order chi connectivity index (χ1) is 21.0. The number of ether oxygens (including phenoxy) is 1. The molecule has 1 heterocycles. The van der Waals surface area contributed by atoms with Gasteiger partial charge in [-0.1, -0.05) is 66.4 Å². The molecular formula is C34H40N2O6S2. The SMILES string of the molecule is COC(=O)CC1CCCCC1CN(CCc1cn(S(=O)(=O)c2ccc(C)cc2)c2ccccc12)S(=O)(=O)c1ccc(C)cc1. The van der Waals surface area contributed by atoms with Gasteiger partial charge in [0.1, 0.15) is 0 Å². The number of sulfonamides is 1. The molecule has 0 aliphatic heterocycles. The fraction of sp³-hybridized carbons (Fsp3) is 0.382. The zero-order valence-electron chi connectivity index (χ0n) is 25.5. The second-order valence-electron chi connectivity index (χ2n) is 11.8. The maximum Gasteiger partial charge on any atom is 0.305 e. The molecule has 5 rings (SSSR count). The van der Waals surface area contributed by atoms with E-state index in [0.29, 0.717) is 11.9 Å². The first-order valence-electron chi connectivity index (χ1n) is 15.1. The average Bonchev–Trinajstić information content (AvgIpc) is 3.40. The molecule has 234 valence electrons. The lowest BCUT2D eigenvalue weighted by molar-refractivity contribution is -0.142. The van der Waals surface area contributed by atoms with Crippen LogP contribution in [-0.4, -0.2) is 51.3 Å². The maximum atomic E-state index is 14.1. The van der Waals surface area contributed by atoms with Crippen molar-refractivity contribution in [2.75, 3.05) is 20.2 Å². The number of methoxy groups -OCH3 is 1. The molecule has 1 aromatic heterocycles. The summed E-state index contributed by atoms with van der Waals surface area (Å²) in [5.41, 5.74) is 3.21. The first-order valence-corrected chi connectivity index (χ1v) is 17.9. The minimum Gasteiger partial charge on any atom is -0.469 e. The van der Waals surface area contributed by atoms with Crippen molar-refractivity contribution in [3.8, 4) is 0 Å². The number of para-hydroxylation sites is 1. The van der Waals surface area contributed by atoms with E-state index in [1.165, 1.54) is 15.4 Å². The normalized spacial score (nSPS) is 17.6. The van der Waals surface area contributed by atoms with Crippen LogP contribution in [0.5, 0.6) is 0 Å². The summed E-state index contributed by atoms with van der Waals surface area (Å²) in [4.78, 5) is 12.6. The summed E-state index contributed by atoms with van der Waals surface area (Å²) in [5, 5.41) is 0.761. The van der Waals surface area contributed by atoms with Gasteiger partial charge in [0.2, 0.25) is 10.0 Å². The van der Waals surface area contributed by atoms with Crippen LogP contribution in [0.1, 0.15) is 48.8 Å². The number of aromatic nitrogens is 1. The molecule has 0 saturated heterocycles. The van der Waals surface area contributed by atoms with Gasteiger partial charge < -0.3 is 4.74 Å². The zero-order valence-corrected chi connectivity index (χ0v) is 27.1. The van der Waals surface area contributed by atoms with Crippen LogP contribution in [0, 0.1) is 25.7 Å². The van der Waals surface area contributed by atoms with Crippen LogP contribution >= 0.6 is 0 Å². The lowest BCUT2D eigenvalue weighted by Gasteiger charge is -2.35. The first kappa shape index (κ1) is 31.9. The zero-order chi connectivity index (χ0) is 31.5. The van der Waals surface area contributed by atoms with E-state index in [2.05, 4.69) is 0 Å². The topological polar surface area (TPSA) is 103 Å². The van der Waals surface area contributed by atoms with Crippen molar-refractivity contribution in [1.82, 2.24) is 8.28 Å². The van der Waals surface area contributed by atoms with Gasteiger partial charge in [-0.15, -0.1) is 0 Å². The number of hydrogen-bond acceptors (Lipinski definition) is 6. The second-order valence-corrected chi connectivity index (χ2v) is 15.5. The maximum absolute atomic E-state index is 14.1. The highest BCUT2D eigenvalue weighted by Gasteiger charge is 2.33. The highest BCUT2D eigenvalue weighted by Crippen LogP contribution is 2.35. The largest absolute Gasteiger partial charge is 0.469 e. The number of fused-ring (bicyclic) bond motifs is 1. The molecule has 3 aromatic carbocycles. The van der Waals surface area contributed by atoms with Gasteiger partial charge in [0.25, 0.3) is 10.0 Å². The molecular weight excluding hydrogens is 597 g/mol. The smallest absolute Gasteiger partial charge is 0.305 e. The summed E-state index contributed by atoms with van der Waals surface area (Å²) in [6.45, 7) is 4.25. The molecule has 0 N–H and O–H groups in total. The fourth-order valence-corrected chi connectivity index (χ4v) is 9.10. The van der Waals surface area contributed by atoms with Gasteiger partial charge in [-0.3, -0.25) is 4.79 Å². The van der Waals surface area contributed by atoms with Crippen LogP contribution in [0.2, 0.25) is 0 Å². The standard InChI is InChI=1S/C34H40N2O6S2/c1-25-12-16-30(17-13-25)43(38,39)35(23-28-9-5-4-8-27(28)22-34(37)42-3)21-20-29-24-36(33-11-7-6-10-32(29)33)44(40,41)31-18-14-26(2)15-19-31/h6-7,10-19,24,27-28H,4-5,8-9,20-23H2,1-3H3. The van der Waals surface area contributed by atoms with Crippen molar-refractivity contribution in [2.45, 2.75) is 62.2 Å². The molecule has 0 bridgehead atoms. The number of aryl methyl sites for hydroxylation is 2. The van der Waals surface area contributed by atoms with E-state index in [0.717, 1.165) is 47.8 Å². The number of hydrogen-bond donors (Lipinski definition) is 0. The Kier molecular flexibility index (Phi) is 9.62. The summed E-state index contributed by atoms with van der Waals surface area (Å²) in [7, 11) is -6.37. The summed E-state index contributed by atoms with van der Waals surface area (Å²) in [6.07, 6.45) is 5.86. The molecule has 1 aliphatic carbocycles. The van der Waals surface area contributed by atoms with E-state index < -0.39 is 20.0 Å². The lowest BCUT2D eigenvalue weighted by Crippen LogP contribution is -2.40.